The molecule has 5 rings (SSSR count). The Morgan fingerprint density at radius 3 is 2.69 bits per heavy atom. The van der Waals surface area contributed by atoms with Gasteiger partial charge in [-0.05, 0) is 96.4 Å². The van der Waals surface area contributed by atoms with Crippen LogP contribution < -0.4 is 15.5 Å². The monoisotopic (exact) mass is 516 g/mol. The molecule has 170 valence electrons. The molecule has 0 bridgehead atoms. The number of nitrogens with one attached hydrogen (secondary N) is 2. The highest BCUT2D eigenvalue weighted by Gasteiger charge is 2.30. The smallest absolute Gasteiger partial charge is 0.223 e. The fraction of sp³-hybridized carbons (Fsp3) is 0.520. The summed E-state index contributed by atoms with van der Waals surface area (Å²) in [5, 5.41) is 7.46. The fourth-order valence-electron chi connectivity index (χ4n) is 5.40. The van der Waals surface area contributed by atoms with Crippen LogP contribution in [0, 0.1) is 5.92 Å². The van der Waals surface area contributed by atoms with Crippen molar-refractivity contribution in [3.63, 3.8) is 0 Å². The first-order valence-electron chi connectivity index (χ1n) is 11.8. The third-order valence-electron chi connectivity index (χ3n) is 7.23. The number of aromatic nitrogens is 1. The van der Waals surface area contributed by atoms with Crippen LogP contribution in [-0.4, -0.2) is 43.1 Å². The lowest BCUT2D eigenvalue weighted by molar-refractivity contribution is -0.126. The number of hydrogen-bond donors (Lipinski definition) is 2. The van der Waals surface area contributed by atoms with E-state index in [1.807, 2.05) is 12.3 Å². The van der Waals surface area contributed by atoms with Crippen LogP contribution in [0.5, 0.6) is 0 Å². The van der Waals surface area contributed by atoms with Gasteiger partial charge in [-0.2, -0.15) is 0 Å². The van der Waals surface area contributed by atoms with Gasteiger partial charge in [0.1, 0.15) is 0 Å². The lowest BCUT2D eigenvalue weighted by Crippen LogP contribution is -2.47. The van der Waals surface area contributed by atoms with Crippen LogP contribution >= 0.6 is 27.5 Å². The van der Waals surface area contributed by atoms with E-state index in [1.165, 1.54) is 22.4 Å². The summed E-state index contributed by atoms with van der Waals surface area (Å²) in [4.78, 5) is 20.1. The molecule has 3 heterocycles. The summed E-state index contributed by atoms with van der Waals surface area (Å²) in [6.07, 6.45) is 8.60. The number of nitrogens with zero attached hydrogens (tertiary/aromatic N) is 2. The average Bonchev–Trinajstić information content (AvgIpc) is 2.99. The van der Waals surface area contributed by atoms with Crippen molar-refractivity contribution < 1.29 is 4.79 Å². The highest BCUT2D eigenvalue weighted by Crippen LogP contribution is 2.38. The van der Waals surface area contributed by atoms with Gasteiger partial charge in [0.2, 0.25) is 5.91 Å². The molecule has 5 nitrogen and oxygen atoms in total. The molecule has 32 heavy (non-hydrogen) atoms. The van der Waals surface area contributed by atoms with E-state index in [2.05, 4.69) is 43.6 Å². The van der Waals surface area contributed by atoms with E-state index in [4.69, 9.17) is 16.6 Å². The molecule has 2 aliphatic heterocycles. The second-order valence-corrected chi connectivity index (χ2v) is 10.6. The molecule has 2 N–H and O–H groups in total. The van der Waals surface area contributed by atoms with Crippen molar-refractivity contribution in [2.24, 2.45) is 5.92 Å². The van der Waals surface area contributed by atoms with Gasteiger partial charge in [0.15, 0.2) is 0 Å². The molecule has 0 radical (unpaired) electrons. The number of halogens is 2. The van der Waals surface area contributed by atoms with E-state index in [0.717, 1.165) is 86.3 Å². The van der Waals surface area contributed by atoms with E-state index >= 15 is 0 Å². The van der Waals surface area contributed by atoms with Gasteiger partial charge in [0.05, 0.1) is 15.9 Å². The molecular weight excluding hydrogens is 488 g/mol. The minimum Gasteiger partial charge on any atom is -0.370 e. The molecular formula is C25H30BrClN4O. The number of anilines is 1. The van der Waals surface area contributed by atoms with Crippen LogP contribution in [0.1, 0.15) is 48.1 Å². The normalized spacial score (nSPS) is 19.8. The van der Waals surface area contributed by atoms with Crippen LogP contribution in [0.15, 0.2) is 28.9 Å². The van der Waals surface area contributed by atoms with Gasteiger partial charge in [0, 0.05) is 42.7 Å². The number of benzene rings is 1. The zero-order valence-corrected chi connectivity index (χ0v) is 20.6. The Bertz CT molecular complexity index is 1000. The largest absolute Gasteiger partial charge is 0.370 e. The fourth-order valence-corrected chi connectivity index (χ4v) is 6.19. The van der Waals surface area contributed by atoms with Crippen molar-refractivity contribution in [2.45, 2.75) is 51.0 Å². The number of piperidine rings is 2. The van der Waals surface area contributed by atoms with Crippen molar-refractivity contribution in [3.05, 3.63) is 56.3 Å². The molecule has 0 saturated carbocycles. The van der Waals surface area contributed by atoms with Crippen molar-refractivity contribution >= 4 is 39.1 Å². The summed E-state index contributed by atoms with van der Waals surface area (Å²) in [5.74, 6) is 0.364. The number of carbonyl (C=O) groups excluding carboxylic acids is 1. The van der Waals surface area contributed by atoms with Crippen LogP contribution in [0.4, 0.5) is 5.69 Å². The highest BCUT2D eigenvalue weighted by atomic mass is 79.9. The van der Waals surface area contributed by atoms with E-state index in [1.54, 1.807) is 0 Å². The summed E-state index contributed by atoms with van der Waals surface area (Å²) in [6, 6.07) is 6.55. The van der Waals surface area contributed by atoms with Gasteiger partial charge >= 0.3 is 0 Å². The Morgan fingerprint density at radius 1 is 1.12 bits per heavy atom. The van der Waals surface area contributed by atoms with Gasteiger partial charge < -0.3 is 15.5 Å². The number of pyridine rings is 1. The van der Waals surface area contributed by atoms with Crippen molar-refractivity contribution in [1.29, 1.82) is 0 Å². The van der Waals surface area contributed by atoms with Crippen LogP contribution in [0.2, 0.25) is 5.02 Å². The van der Waals surface area contributed by atoms with Gasteiger partial charge in [-0.25, -0.2) is 0 Å². The van der Waals surface area contributed by atoms with Crippen molar-refractivity contribution in [1.82, 2.24) is 15.6 Å². The topological polar surface area (TPSA) is 57.3 Å². The first-order valence-corrected chi connectivity index (χ1v) is 12.9. The number of aryl methyl sites for hydroxylation is 1. The maximum absolute atomic E-state index is 12.8. The van der Waals surface area contributed by atoms with Gasteiger partial charge in [0.25, 0.3) is 0 Å². The minimum atomic E-state index is 0.117. The molecule has 0 spiro atoms. The Kier molecular flexibility index (Phi) is 6.72. The third kappa shape index (κ3) is 4.68. The van der Waals surface area contributed by atoms with Crippen LogP contribution in [0.3, 0.4) is 0 Å². The number of fused-ring (bicyclic) bond motifs is 2. The maximum atomic E-state index is 12.8. The first-order chi connectivity index (χ1) is 15.6. The van der Waals surface area contributed by atoms with E-state index in [-0.39, 0.29) is 11.8 Å². The van der Waals surface area contributed by atoms with Crippen LogP contribution in [-0.2, 0) is 24.1 Å². The Hall–Kier alpha value is -1.63. The van der Waals surface area contributed by atoms with Crippen molar-refractivity contribution in [3.8, 4) is 0 Å². The minimum absolute atomic E-state index is 0.117. The standard InChI is InChI=1S/C25H30BrClN4O/c26-22-15-29-23-14-18-1-3-19(27)13-17(18)2-4-21(23)24(22)31-11-7-16(8-12-31)25(32)30-20-5-9-28-10-6-20/h1,3,13,15-16,20,28H,2,4-12,14H2,(H,30,32). The number of rotatable bonds is 3. The second kappa shape index (κ2) is 9.70. The Balaban J connectivity index is 1.29. The van der Waals surface area contributed by atoms with E-state index < -0.39 is 0 Å². The molecule has 2 saturated heterocycles. The molecule has 1 aliphatic carbocycles. The summed E-state index contributed by atoms with van der Waals surface area (Å²) < 4.78 is 1.05. The van der Waals surface area contributed by atoms with Crippen molar-refractivity contribution in [2.75, 3.05) is 31.1 Å². The lowest BCUT2D eigenvalue weighted by atomic mass is 9.93. The Morgan fingerprint density at radius 2 is 1.91 bits per heavy atom. The molecule has 2 aromatic rings. The molecule has 1 aromatic heterocycles. The zero-order valence-electron chi connectivity index (χ0n) is 18.3. The molecule has 1 aromatic carbocycles. The number of carbonyl (C=O) groups is 1. The molecule has 0 unspecified atom stereocenters. The molecule has 1 amide bonds. The SMILES string of the molecule is O=C(NC1CCNCC1)C1CCN(c2c(Br)cnc3c2CCc2cc(Cl)ccc2C3)CC1. The van der Waals surface area contributed by atoms with E-state index in [9.17, 15) is 4.79 Å². The predicted octanol–water partition coefficient (Wildman–Crippen LogP) is 4.27. The quantitative estimate of drug-likeness (QED) is 0.638. The molecule has 2 fully saturated rings. The number of hydrogen-bond acceptors (Lipinski definition) is 4. The van der Waals surface area contributed by atoms with Gasteiger partial charge in [-0.15, -0.1) is 0 Å². The lowest BCUT2D eigenvalue weighted by Gasteiger charge is -2.36. The molecule has 7 heteroatoms. The summed E-state index contributed by atoms with van der Waals surface area (Å²) in [7, 11) is 0. The third-order valence-corrected chi connectivity index (χ3v) is 8.05. The molecule has 3 aliphatic rings. The van der Waals surface area contributed by atoms with Gasteiger partial charge in [-0.3, -0.25) is 9.78 Å². The summed E-state index contributed by atoms with van der Waals surface area (Å²) >= 11 is 10.0. The van der Waals surface area contributed by atoms with Crippen LogP contribution in [0.25, 0.3) is 0 Å². The first kappa shape index (κ1) is 22.2. The molecule has 0 atom stereocenters. The zero-order chi connectivity index (χ0) is 22.1. The predicted molar refractivity (Wildman–Crippen MR) is 133 cm³/mol. The number of amides is 1. The maximum Gasteiger partial charge on any atom is 0.223 e. The Labute approximate surface area is 203 Å². The van der Waals surface area contributed by atoms with Gasteiger partial charge in [-0.1, -0.05) is 17.7 Å². The second-order valence-electron chi connectivity index (χ2n) is 9.26. The summed E-state index contributed by atoms with van der Waals surface area (Å²) in [5.41, 5.74) is 6.42. The highest BCUT2D eigenvalue weighted by molar-refractivity contribution is 9.10. The van der Waals surface area contributed by atoms with E-state index in [0.29, 0.717) is 6.04 Å². The average molecular weight is 518 g/mol. The summed E-state index contributed by atoms with van der Waals surface area (Å²) in [6.45, 7) is 3.80.